The molecule has 0 radical (unpaired) electrons. The molecule has 0 aliphatic rings. The molecule has 0 bridgehead atoms. The van der Waals surface area contributed by atoms with Gasteiger partial charge in [-0.3, -0.25) is 0 Å². The number of halogens is 6. The second kappa shape index (κ2) is 14.1. The van der Waals surface area contributed by atoms with Crippen LogP contribution in [0, 0.1) is 0 Å². The van der Waals surface area contributed by atoms with Gasteiger partial charge < -0.3 is 13.8 Å². The van der Waals surface area contributed by atoms with Crippen molar-refractivity contribution in [1.82, 2.24) is 0 Å². The van der Waals surface area contributed by atoms with Crippen LogP contribution in [0.5, 0.6) is 0 Å². The van der Waals surface area contributed by atoms with E-state index in [2.05, 4.69) is 64.5 Å². The monoisotopic (exact) mass is 540 g/mol. The highest BCUT2D eigenvalue weighted by Gasteiger charge is 2.37. The number of hydrogen-bond donors (Lipinski definition) is 0. The smallest absolute Gasteiger partial charge is 0.485 e. The van der Waals surface area contributed by atoms with Crippen molar-refractivity contribution in [3.63, 3.8) is 0 Å². The molecule has 0 aromatic carbocycles. The van der Waals surface area contributed by atoms with Crippen LogP contribution in [0.4, 0.5) is 26.3 Å². The van der Waals surface area contributed by atoms with Crippen molar-refractivity contribution < 1.29 is 66.2 Å². The van der Waals surface area contributed by atoms with Gasteiger partial charge in [-0.05, 0) is 55.4 Å². The Bertz CT molecular complexity index is 756. The van der Waals surface area contributed by atoms with E-state index in [1.165, 1.54) is 0 Å². The molecule has 0 aliphatic heterocycles. The Morgan fingerprint density at radius 1 is 0.606 bits per heavy atom. The summed E-state index contributed by atoms with van der Waals surface area (Å²) in [4.78, 5) is 0. The quantitative estimate of drug-likeness (QED) is 0.126. The molecule has 0 amide bonds. The van der Waals surface area contributed by atoms with Crippen LogP contribution >= 0.6 is 0 Å². The Balaban J connectivity index is -0.000000468. The molecule has 0 atom stereocenters. The van der Waals surface area contributed by atoms with Gasteiger partial charge in [0.25, 0.3) is 0 Å². The Morgan fingerprint density at radius 2 is 0.758 bits per heavy atom. The average Bonchev–Trinajstić information content (AvgIpc) is 2.50. The van der Waals surface area contributed by atoms with Gasteiger partial charge in [0.2, 0.25) is 0 Å². The predicted octanol–water partition coefficient (Wildman–Crippen LogP) is 2.82. The van der Waals surface area contributed by atoms with E-state index in [9.17, 15) is 26.3 Å². The average molecular weight is 541 g/mol. The molecule has 0 aromatic rings. The van der Waals surface area contributed by atoms with Gasteiger partial charge in [-0.1, -0.05) is 0 Å². The van der Waals surface area contributed by atoms with E-state index in [1.54, 1.807) is 0 Å². The Labute approximate surface area is 190 Å². The second-order valence-electron chi connectivity index (χ2n) is 7.42. The molecule has 0 spiro atoms. The van der Waals surface area contributed by atoms with Crippen molar-refractivity contribution >= 4 is 33.0 Å². The van der Waals surface area contributed by atoms with E-state index in [0.29, 0.717) is 24.2 Å². The topological polar surface area (TPSA) is 130 Å². The first-order valence-corrected chi connectivity index (χ1v) is 12.0. The van der Waals surface area contributed by atoms with E-state index in [1.807, 2.05) is 12.8 Å². The van der Waals surface area contributed by atoms with Gasteiger partial charge in [0.05, 0.1) is 0 Å². The molecular formula is C16H30F6N2O7S2. The van der Waals surface area contributed by atoms with Gasteiger partial charge in [0, 0.05) is 0 Å². The van der Waals surface area contributed by atoms with Gasteiger partial charge in [-0.2, -0.15) is 26.3 Å². The molecule has 17 heteroatoms. The van der Waals surface area contributed by atoms with Gasteiger partial charge >= 0.3 is 23.8 Å². The summed E-state index contributed by atoms with van der Waals surface area (Å²) < 4.78 is 128. The zero-order chi connectivity index (χ0) is 27.6. The molecule has 0 rings (SSSR count). The van der Waals surface area contributed by atoms with E-state index >= 15 is 0 Å². The van der Waals surface area contributed by atoms with Crippen LogP contribution in [-0.4, -0.2) is 83.1 Å². The maximum absolute atomic E-state index is 10.7. The van der Waals surface area contributed by atoms with E-state index in [4.69, 9.17) is 30.7 Å². The lowest BCUT2D eigenvalue weighted by atomic mass is 10.3. The molecular weight excluding hydrogens is 510 g/mol. The molecule has 0 saturated heterocycles. The lowest BCUT2D eigenvalue weighted by Gasteiger charge is -2.11. The first kappa shape index (κ1) is 36.1. The van der Waals surface area contributed by atoms with Gasteiger partial charge in [-0.25, -0.2) is 26.0 Å². The van der Waals surface area contributed by atoms with Gasteiger partial charge in [-0.15, -0.1) is 0 Å². The van der Waals surface area contributed by atoms with E-state index in [-0.39, 0.29) is 0 Å². The summed E-state index contributed by atoms with van der Waals surface area (Å²) in [6.45, 7) is 17.4. The maximum Gasteiger partial charge on any atom is 0.485 e. The Kier molecular flexibility index (Phi) is 15.4. The first-order valence-electron chi connectivity index (χ1n) is 9.18. The largest absolute Gasteiger partial charge is 0.741 e. The molecule has 0 saturated carbocycles. The van der Waals surface area contributed by atoms with Crippen molar-refractivity contribution in [3.05, 3.63) is 0 Å². The number of hydrogen-bond acceptors (Lipinski definition) is 7. The maximum atomic E-state index is 10.7. The third-order valence-electron chi connectivity index (χ3n) is 3.32. The highest BCUT2D eigenvalue weighted by atomic mass is 32.2. The number of ether oxygens (including phenoxy) is 1. The van der Waals surface area contributed by atoms with Crippen molar-refractivity contribution in [3.8, 4) is 0 Å². The van der Waals surface area contributed by atoms with E-state index in [0.717, 1.165) is 0 Å². The van der Waals surface area contributed by atoms with Crippen LogP contribution < -0.4 is 0 Å². The summed E-state index contributed by atoms with van der Waals surface area (Å²) >= 11 is 0. The van der Waals surface area contributed by atoms with Crippen LogP contribution in [-0.2, 0) is 25.0 Å². The molecule has 0 heterocycles. The third-order valence-corrected chi connectivity index (χ3v) is 4.45. The predicted molar refractivity (Wildman–Crippen MR) is 106 cm³/mol. The number of nitrogens with zero attached hydrogens (tertiary/aromatic N) is 2. The van der Waals surface area contributed by atoms with Gasteiger partial charge in [0.15, 0.2) is 44.4 Å². The minimum atomic E-state index is -6.09. The highest BCUT2D eigenvalue weighted by molar-refractivity contribution is 7.86. The van der Waals surface area contributed by atoms with Crippen LogP contribution in [0.3, 0.4) is 0 Å². The molecule has 0 aliphatic carbocycles. The fourth-order valence-electron chi connectivity index (χ4n) is 1.85. The zero-order valence-electron chi connectivity index (χ0n) is 19.3. The molecule has 9 nitrogen and oxygen atoms in total. The number of alkyl halides is 6. The number of rotatable bonds is 6. The van der Waals surface area contributed by atoms with E-state index < -0.39 is 31.3 Å². The lowest BCUT2D eigenvalue weighted by Crippen LogP contribution is -2.31. The van der Waals surface area contributed by atoms with Crippen molar-refractivity contribution in [2.24, 2.45) is 0 Å². The minimum absolute atomic E-state index is 0.454. The fraction of sp³-hybridized carbons (Fsp3) is 0.875. The summed E-state index contributed by atoms with van der Waals surface area (Å²) in [5.74, 6) is 0. The van der Waals surface area contributed by atoms with Crippen LogP contribution in [0.25, 0.3) is 0 Å². The lowest BCUT2D eigenvalue weighted by molar-refractivity contribution is -0.597. The summed E-state index contributed by atoms with van der Waals surface area (Å²) in [5, 5.41) is 0. The first-order chi connectivity index (χ1) is 14.3. The van der Waals surface area contributed by atoms with Crippen LogP contribution in [0.2, 0.25) is 0 Å². The van der Waals surface area contributed by atoms with Crippen molar-refractivity contribution in [2.45, 2.75) is 90.6 Å². The molecule has 0 fully saturated rings. The normalized spacial score (nSPS) is 12.6. The van der Waals surface area contributed by atoms with Crippen molar-refractivity contribution in [2.75, 3.05) is 0 Å². The summed E-state index contributed by atoms with van der Waals surface area (Å²) in [6.07, 6.45) is 3.65. The second-order valence-corrected chi connectivity index (χ2v) is 10.2. The Morgan fingerprint density at radius 3 is 0.848 bits per heavy atom. The van der Waals surface area contributed by atoms with Crippen LogP contribution in [0.1, 0.15) is 55.4 Å². The summed E-state index contributed by atoms with van der Waals surface area (Å²) in [7, 11) is -12.2. The molecule has 0 N–H and O–H groups in total. The van der Waals surface area contributed by atoms with Gasteiger partial charge in [0.1, 0.15) is 0 Å². The highest BCUT2D eigenvalue weighted by Crippen LogP contribution is 2.21. The third kappa shape index (κ3) is 16.7. The molecule has 33 heavy (non-hydrogen) atoms. The summed E-state index contributed by atoms with van der Waals surface area (Å²) in [6, 6.07) is 1.81. The summed E-state index contributed by atoms with van der Waals surface area (Å²) in [5.41, 5.74) is -11.3. The fourth-order valence-corrected chi connectivity index (χ4v) is 1.85. The standard InChI is InChI=1S/C14H30N2O.2CHF3O3S/c1-11(2)15(12(3)4)9-17-10-16(13(5)6)14(7)8;2*2-1(3,4)8(5,6)7/h9-14H,1-8H3;2*(H,5,6,7)/q+2;;/p-2. The molecule has 0 aromatic heterocycles. The SMILES string of the molecule is CC(C)[N+](=COC=[N+](C(C)C)C(C)C)C(C)C.O=S(=O)([O-])C(F)(F)F.O=S(=O)([O-])C(F)(F)F. The molecule has 200 valence electrons. The minimum Gasteiger partial charge on any atom is -0.741 e. The Hall–Kier alpha value is -1.46. The van der Waals surface area contributed by atoms with Crippen molar-refractivity contribution in [1.29, 1.82) is 0 Å². The van der Waals surface area contributed by atoms with Crippen LogP contribution in [0.15, 0.2) is 0 Å². The molecule has 0 unspecified atom stereocenters. The zero-order valence-corrected chi connectivity index (χ0v) is 20.9.